The summed E-state index contributed by atoms with van der Waals surface area (Å²) in [6, 6.07) is 4.29. The standard InChI is InChI=1S/C26H39N5O6/c1-16(2)14-20(24(34)29-19(23(27)33)15-17-6-8-18(32)9-7-17)30-26(36)22-21(37-22)25(35)28-10-13-31-11-4-3-5-12-31/h6-9,16,19-22,32H,3-5,10-15H2,1-2H3,(H2,27,33)(H,28,35)(H,29,34)(H,30,36)/t19-,20-,21-,22-/m0/s1. The first-order chi connectivity index (χ1) is 17.6. The van der Waals surface area contributed by atoms with Gasteiger partial charge in [0.2, 0.25) is 11.8 Å². The normalized spacial score (nSPS) is 21.1. The molecule has 11 heteroatoms. The van der Waals surface area contributed by atoms with E-state index >= 15 is 0 Å². The number of phenols is 1. The van der Waals surface area contributed by atoms with Crippen molar-refractivity contribution in [2.24, 2.45) is 11.7 Å². The fourth-order valence-electron chi connectivity index (χ4n) is 4.45. The summed E-state index contributed by atoms with van der Waals surface area (Å²) in [7, 11) is 0. The maximum Gasteiger partial charge on any atom is 0.253 e. The number of phenolic OH excluding ortho intramolecular Hbond substituents is 1. The molecule has 3 rings (SSSR count). The Balaban J connectivity index is 1.50. The number of carbonyl (C=O) groups excluding carboxylic acids is 4. The highest BCUT2D eigenvalue weighted by molar-refractivity contribution is 5.97. The third-order valence-corrected chi connectivity index (χ3v) is 6.56. The summed E-state index contributed by atoms with van der Waals surface area (Å²) in [5.41, 5.74) is 6.21. The number of epoxide rings is 1. The molecule has 2 fully saturated rings. The van der Waals surface area contributed by atoms with Crippen LogP contribution in [0.3, 0.4) is 0 Å². The number of likely N-dealkylation sites (tertiary alicyclic amines) is 1. The molecule has 0 unspecified atom stereocenters. The van der Waals surface area contributed by atoms with Crippen molar-refractivity contribution in [2.45, 2.75) is 70.2 Å². The van der Waals surface area contributed by atoms with Crippen LogP contribution < -0.4 is 21.7 Å². The second-order valence-electron chi connectivity index (χ2n) is 10.2. The van der Waals surface area contributed by atoms with E-state index in [4.69, 9.17) is 10.5 Å². The van der Waals surface area contributed by atoms with Crippen LogP contribution >= 0.6 is 0 Å². The van der Waals surface area contributed by atoms with Gasteiger partial charge in [0.05, 0.1) is 0 Å². The minimum atomic E-state index is -1.00. The topological polar surface area (TPSA) is 166 Å². The number of amides is 4. The molecule has 11 nitrogen and oxygen atoms in total. The number of rotatable bonds is 13. The van der Waals surface area contributed by atoms with Gasteiger partial charge in [0.25, 0.3) is 11.8 Å². The van der Waals surface area contributed by atoms with Crippen LogP contribution in [0.2, 0.25) is 0 Å². The summed E-state index contributed by atoms with van der Waals surface area (Å²) >= 11 is 0. The molecular formula is C26H39N5O6. The van der Waals surface area contributed by atoms with Crippen molar-refractivity contribution in [3.05, 3.63) is 29.8 Å². The Morgan fingerprint density at radius 3 is 2.27 bits per heavy atom. The maximum absolute atomic E-state index is 13.0. The molecule has 0 aliphatic carbocycles. The first kappa shape index (κ1) is 28.4. The molecule has 37 heavy (non-hydrogen) atoms. The van der Waals surface area contributed by atoms with Crippen LogP contribution in [-0.2, 0) is 30.3 Å². The van der Waals surface area contributed by atoms with Crippen LogP contribution in [-0.4, -0.2) is 84.1 Å². The van der Waals surface area contributed by atoms with Gasteiger partial charge >= 0.3 is 0 Å². The molecule has 2 aliphatic rings. The van der Waals surface area contributed by atoms with Crippen molar-refractivity contribution in [1.29, 1.82) is 0 Å². The molecule has 0 spiro atoms. The molecule has 0 radical (unpaired) electrons. The Morgan fingerprint density at radius 2 is 1.65 bits per heavy atom. The van der Waals surface area contributed by atoms with E-state index in [1.807, 2.05) is 13.8 Å². The Labute approximate surface area is 217 Å². The van der Waals surface area contributed by atoms with E-state index in [1.165, 1.54) is 31.4 Å². The Bertz CT molecular complexity index is 947. The lowest BCUT2D eigenvalue weighted by atomic mass is 10.0. The van der Waals surface area contributed by atoms with Crippen molar-refractivity contribution >= 4 is 23.6 Å². The molecule has 2 heterocycles. The van der Waals surface area contributed by atoms with Crippen LogP contribution in [0.15, 0.2) is 24.3 Å². The van der Waals surface area contributed by atoms with Gasteiger partial charge in [0.1, 0.15) is 17.8 Å². The third-order valence-electron chi connectivity index (χ3n) is 6.56. The summed E-state index contributed by atoms with van der Waals surface area (Å²) in [6.45, 7) is 7.12. The first-order valence-corrected chi connectivity index (χ1v) is 13.0. The molecule has 204 valence electrons. The fraction of sp³-hybridized carbons (Fsp3) is 0.615. The van der Waals surface area contributed by atoms with Gasteiger partial charge in [0.15, 0.2) is 12.2 Å². The largest absolute Gasteiger partial charge is 0.508 e. The molecule has 0 aromatic heterocycles. The lowest BCUT2D eigenvalue weighted by Gasteiger charge is -2.26. The number of carbonyl (C=O) groups is 4. The lowest BCUT2D eigenvalue weighted by Crippen LogP contribution is -2.54. The van der Waals surface area contributed by atoms with Crippen LogP contribution in [0.1, 0.15) is 45.1 Å². The molecule has 4 amide bonds. The smallest absolute Gasteiger partial charge is 0.253 e. The third kappa shape index (κ3) is 9.01. The zero-order valence-electron chi connectivity index (χ0n) is 21.6. The second-order valence-corrected chi connectivity index (χ2v) is 10.2. The number of primary amides is 1. The van der Waals surface area contributed by atoms with E-state index in [-0.39, 0.29) is 24.0 Å². The van der Waals surface area contributed by atoms with Crippen molar-refractivity contribution in [2.75, 3.05) is 26.2 Å². The van der Waals surface area contributed by atoms with E-state index < -0.39 is 42.0 Å². The number of aromatic hydroxyl groups is 1. The Kier molecular flexibility index (Phi) is 10.3. The zero-order valence-corrected chi connectivity index (χ0v) is 21.6. The second kappa shape index (κ2) is 13.4. The lowest BCUT2D eigenvalue weighted by molar-refractivity contribution is -0.132. The Morgan fingerprint density at radius 1 is 1.00 bits per heavy atom. The highest BCUT2D eigenvalue weighted by Gasteiger charge is 2.51. The van der Waals surface area contributed by atoms with Gasteiger partial charge in [-0.3, -0.25) is 19.2 Å². The maximum atomic E-state index is 13.0. The van der Waals surface area contributed by atoms with Gasteiger partial charge in [-0.05, 0) is 56.0 Å². The van der Waals surface area contributed by atoms with Crippen LogP contribution in [0, 0.1) is 5.92 Å². The quantitative estimate of drug-likeness (QED) is 0.226. The van der Waals surface area contributed by atoms with Crippen LogP contribution in [0.25, 0.3) is 0 Å². The van der Waals surface area contributed by atoms with Crippen LogP contribution in [0.4, 0.5) is 0 Å². The van der Waals surface area contributed by atoms with Gasteiger partial charge in [-0.15, -0.1) is 0 Å². The van der Waals surface area contributed by atoms with Crippen molar-refractivity contribution in [1.82, 2.24) is 20.9 Å². The number of nitrogens with zero attached hydrogens (tertiary/aromatic N) is 1. The molecule has 2 aliphatic heterocycles. The zero-order chi connectivity index (χ0) is 26.9. The molecule has 1 aromatic rings. The number of nitrogens with one attached hydrogen (secondary N) is 3. The van der Waals surface area contributed by atoms with Crippen molar-refractivity contribution in [3.8, 4) is 5.75 Å². The first-order valence-electron chi connectivity index (χ1n) is 13.0. The number of benzene rings is 1. The van der Waals surface area contributed by atoms with Gasteiger partial charge in [-0.1, -0.05) is 32.4 Å². The average molecular weight is 518 g/mol. The highest BCUT2D eigenvalue weighted by atomic mass is 16.6. The van der Waals surface area contributed by atoms with E-state index in [1.54, 1.807) is 12.1 Å². The van der Waals surface area contributed by atoms with E-state index in [0.717, 1.165) is 19.6 Å². The van der Waals surface area contributed by atoms with Crippen molar-refractivity contribution < 1.29 is 29.0 Å². The molecule has 4 atom stereocenters. The monoisotopic (exact) mass is 517 g/mol. The highest BCUT2D eigenvalue weighted by Crippen LogP contribution is 2.23. The van der Waals surface area contributed by atoms with Gasteiger partial charge in [0, 0.05) is 19.5 Å². The molecule has 2 saturated heterocycles. The number of piperidine rings is 1. The number of nitrogens with two attached hydrogens (primary N) is 1. The van der Waals surface area contributed by atoms with Crippen LogP contribution in [0.5, 0.6) is 5.75 Å². The van der Waals surface area contributed by atoms with E-state index in [2.05, 4.69) is 20.9 Å². The summed E-state index contributed by atoms with van der Waals surface area (Å²) in [5.74, 6) is -2.01. The molecule has 6 N–H and O–H groups in total. The van der Waals surface area contributed by atoms with Gasteiger partial charge < -0.3 is 36.4 Å². The van der Waals surface area contributed by atoms with Crippen molar-refractivity contribution in [3.63, 3.8) is 0 Å². The predicted octanol–water partition coefficient (Wildman–Crippen LogP) is -0.195. The predicted molar refractivity (Wildman–Crippen MR) is 136 cm³/mol. The van der Waals surface area contributed by atoms with E-state index in [0.29, 0.717) is 18.5 Å². The summed E-state index contributed by atoms with van der Waals surface area (Å²) in [6.07, 6.45) is 2.20. The number of hydrogen-bond donors (Lipinski definition) is 5. The molecule has 0 bridgehead atoms. The minimum Gasteiger partial charge on any atom is -0.508 e. The summed E-state index contributed by atoms with van der Waals surface area (Å²) in [5, 5.41) is 17.6. The molecule has 0 saturated carbocycles. The minimum absolute atomic E-state index is 0.0641. The number of hydrogen-bond acceptors (Lipinski definition) is 7. The average Bonchev–Trinajstić information content (AvgIpc) is 3.66. The van der Waals surface area contributed by atoms with E-state index in [9.17, 15) is 24.3 Å². The summed E-state index contributed by atoms with van der Waals surface area (Å²) < 4.78 is 5.31. The summed E-state index contributed by atoms with van der Waals surface area (Å²) in [4.78, 5) is 52.5. The van der Waals surface area contributed by atoms with Gasteiger partial charge in [-0.25, -0.2) is 0 Å². The SMILES string of the molecule is CC(C)C[C@H](NC(=O)[C@H]1O[C@@H]1C(=O)NCCN1CCCCC1)C(=O)N[C@@H](Cc1ccc(O)cc1)C(N)=O. The van der Waals surface area contributed by atoms with Gasteiger partial charge in [-0.2, -0.15) is 0 Å². The fourth-order valence-corrected chi connectivity index (χ4v) is 4.45. The number of ether oxygens (including phenoxy) is 1. The Hall–Kier alpha value is -3.18. The molecule has 1 aromatic carbocycles. The molecular weight excluding hydrogens is 478 g/mol.